The lowest BCUT2D eigenvalue weighted by atomic mass is 10.2. The van der Waals surface area contributed by atoms with Crippen molar-refractivity contribution >= 4 is 23.4 Å². The summed E-state index contributed by atoms with van der Waals surface area (Å²) in [6.45, 7) is 1.18. The van der Waals surface area contributed by atoms with E-state index >= 15 is 0 Å². The van der Waals surface area contributed by atoms with E-state index in [1.54, 1.807) is 12.1 Å². The fraction of sp³-hybridized carbons (Fsp3) is 0.462. The largest absolute Gasteiger partial charge is 0.325 e. The zero-order valence-corrected chi connectivity index (χ0v) is 10.9. The number of anilines is 1. The highest BCUT2D eigenvalue weighted by Gasteiger charge is 2.15. The standard InChI is InChI=1S/C13H17FN2OS/c14-10-3-5-11(6-4-10)16-13(17)9-15-8-12-2-1-7-18-12/h3-6,12,15H,1-2,7-9H2,(H,16,17). The average molecular weight is 268 g/mol. The smallest absolute Gasteiger partial charge is 0.238 e. The van der Waals surface area contributed by atoms with Crippen molar-refractivity contribution in [2.45, 2.75) is 18.1 Å². The van der Waals surface area contributed by atoms with Crippen LogP contribution < -0.4 is 10.6 Å². The Morgan fingerprint density at radius 1 is 1.39 bits per heavy atom. The number of carbonyl (C=O) groups excluding carboxylic acids is 1. The number of amides is 1. The molecule has 1 atom stereocenters. The van der Waals surface area contributed by atoms with Crippen LogP contribution in [0.5, 0.6) is 0 Å². The van der Waals surface area contributed by atoms with Crippen LogP contribution in [-0.2, 0) is 4.79 Å². The summed E-state index contributed by atoms with van der Waals surface area (Å²) < 4.78 is 12.7. The van der Waals surface area contributed by atoms with Gasteiger partial charge in [-0.15, -0.1) is 0 Å². The van der Waals surface area contributed by atoms with Crippen LogP contribution in [0.4, 0.5) is 10.1 Å². The van der Waals surface area contributed by atoms with Crippen LogP contribution >= 0.6 is 11.8 Å². The van der Waals surface area contributed by atoms with E-state index < -0.39 is 0 Å². The molecule has 3 nitrogen and oxygen atoms in total. The summed E-state index contributed by atoms with van der Waals surface area (Å²) >= 11 is 1.96. The maximum Gasteiger partial charge on any atom is 0.238 e. The molecule has 98 valence electrons. The predicted octanol–water partition coefficient (Wildman–Crippen LogP) is 2.25. The van der Waals surface area contributed by atoms with Gasteiger partial charge in [0.1, 0.15) is 5.82 Å². The second kappa shape index (κ2) is 6.75. The number of hydrogen-bond donors (Lipinski definition) is 2. The van der Waals surface area contributed by atoms with Gasteiger partial charge in [-0.25, -0.2) is 4.39 Å². The third kappa shape index (κ3) is 4.31. The lowest BCUT2D eigenvalue weighted by molar-refractivity contribution is -0.115. The maximum atomic E-state index is 12.7. The molecule has 1 fully saturated rings. The van der Waals surface area contributed by atoms with Gasteiger partial charge in [0.05, 0.1) is 6.54 Å². The Morgan fingerprint density at radius 3 is 2.83 bits per heavy atom. The van der Waals surface area contributed by atoms with Gasteiger partial charge in [-0.2, -0.15) is 11.8 Å². The first-order chi connectivity index (χ1) is 8.74. The van der Waals surface area contributed by atoms with E-state index in [1.807, 2.05) is 11.8 Å². The van der Waals surface area contributed by atoms with Crippen LogP contribution in [0.15, 0.2) is 24.3 Å². The van der Waals surface area contributed by atoms with E-state index in [9.17, 15) is 9.18 Å². The van der Waals surface area contributed by atoms with Gasteiger partial charge in [0.25, 0.3) is 0 Å². The molecule has 1 saturated heterocycles. The van der Waals surface area contributed by atoms with Crippen LogP contribution in [0.2, 0.25) is 0 Å². The van der Waals surface area contributed by atoms with Gasteiger partial charge >= 0.3 is 0 Å². The van der Waals surface area contributed by atoms with Gasteiger partial charge in [0, 0.05) is 17.5 Å². The van der Waals surface area contributed by atoms with Gasteiger partial charge in [0.2, 0.25) is 5.91 Å². The number of rotatable bonds is 5. The molecule has 0 aromatic heterocycles. The van der Waals surface area contributed by atoms with Crippen molar-refractivity contribution in [1.29, 1.82) is 0 Å². The number of benzene rings is 1. The van der Waals surface area contributed by atoms with E-state index in [0.29, 0.717) is 17.5 Å². The molecule has 18 heavy (non-hydrogen) atoms. The first kappa shape index (κ1) is 13.4. The number of hydrogen-bond acceptors (Lipinski definition) is 3. The van der Waals surface area contributed by atoms with Gasteiger partial charge in [-0.05, 0) is 42.9 Å². The molecule has 0 radical (unpaired) electrons. The summed E-state index contributed by atoms with van der Waals surface area (Å²) in [6, 6.07) is 5.77. The van der Waals surface area contributed by atoms with E-state index in [4.69, 9.17) is 0 Å². The number of nitrogens with one attached hydrogen (secondary N) is 2. The van der Waals surface area contributed by atoms with Crippen LogP contribution in [0.25, 0.3) is 0 Å². The fourth-order valence-corrected chi connectivity index (χ4v) is 3.13. The molecule has 2 rings (SSSR count). The van der Waals surface area contributed by atoms with Gasteiger partial charge in [0.15, 0.2) is 0 Å². The number of halogens is 1. The molecule has 0 aliphatic carbocycles. The molecule has 1 unspecified atom stereocenters. The minimum absolute atomic E-state index is 0.0930. The Bertz CT molecular complexity index is 390. The Kier molecular flexibility index (Phi) is 5.01. The second-order valence-electron chi connectivity index (χ2n) is 4.32. The Balaban J connectivity index is 1.66. The lowest BCUT2D eigenvalue weighted by Gasteiger charge is -2.10. The number of thioether (sulfide) groups is 1. The molecule has 1 heterocycles. The van der Waals surface area contributed by atoms with E-state index in [-0.39, 0.29) is 11.7 Å². The molecule has 1 aliphatic heterocycles. The molecule has 1 amide bonds. The van der Waals surface area contributed by atoms with Crippen LogP contribution in [0.1, 0.15) is 12.8 Å². The first-order valence-electron chi connectivity index (χ1n) is 6.12. The molecule has 1 aromatic rings. The summed E-state index contributed by atoms with van der Waals surface area (Å²) in [5.41, 5.74) is 0.624. The van der Waals surface area contributed by atoms with Crippen LogP contribution in [0, 0.1) is 5.82 Å². The monoisotopic (exact) mass is 268 g/mol. The fourth-order valence-electron chi connectivity index (χ4n) is 1.89. The highest BCUT2D eigenvalue weighted by Crippen LogP contribution is 2.25. The average Bonchev–Trinajstić information content (AvgIpc) is 2.85. The molecule has 0 saturated carbocycles. The van der Waals surface area contributed by atoms with Gasteiger partial charge in [-0.3, -0.25) is 4.79 Å². The zero-order chi connectivity index (χ0) is 12.8. The normalized spacial score (nSPS) is 18.8. The van der Waals surface area contributed by atoms with Crippen molar-refractivity contribution in [2.75, 3.05) is 24.2 Å². The Hall–Kier alpha value is -1.07. The van der Waals surface area contributed by atoms with Crippen molar-refractivity contribution in [3.05, 3.63) is 30.1 Å². The van der Waals surface area contributed by atoms with Crippen molar-refractivity contribution in [1.82, 2.24) is 5.32 Å². The molecule has 2 N–H and O–H groups in total. The Labute approximate surface area is 111 Å². The van der Waals surface area contributed by atoms with Crippen molar-refractivity contribution in [3.8, 4) is 0 Å². The molecule has 0 spiro atoms. The minimum atomic E-state index is -0.301. The maximum absolute atomic E-state index is 12.7. The molecular weight excluding hydrogens is 251 g/mol. The van der Waals surface area contributed by atoms with Crippen molar-refractivity contribution in [2.24, 2.45) is 0 Å². The molecule has 5 heteroatoms. The lowest BCUT2D eigenvalue weighted by Crippen LogP contribution is -2.32. The van der Waals surface area contributed by atoms with Gasteiger partial charge in [-0.1, -0.05) is 0 Å². The highest BCUT2D eigenvalue weighted by atomic mass is 32.2. The summed E-state index contributed by atoms with van der Waals surface area (Å²) in [6.07, 6.45) is 2.51. The minimum Gasteiger partial charge on any atom is -0.325 e. The molecular formula is C13H17FN2OS. The molecule has 0 bridgehead atoms. The van der Waals surface area contributed by atoms with E-state index in [0.717, 1.165) is 6.54 Å². The van der Waals surface area contributed by atoms with Gasteiger partial charge < -0.3 is 10.6 Å². The van der Waals surface area contributed by atoms with Crippen LogP contribution in [-0.4, -0.2) is 30.0 Å². The summed E-state index contributed by atoms with van der Waals surface area (Å²) in [7, 11) is 0. The quantitative estimate of drug-likeness (QED) is 0.860. The highest BCUT2D eigenvalue weighted by molar-refractivity contribution is 8.00. The van der Waals surface area contributed by atoms with E-state index in [1.165, 1.54) is 30.7 Å². The second-order valence-corrected chi connectivity index (χ2v) is 5.73. The predicted molar refractivity (Wildman–Crippen MR) is 73.4 cm³/mol. The van der Waals surface area contributed by atoms with Crippen LogP contribution in [0.3, 0.4) is 0 Å². The SMILES string of the molecule is O=C(CNCC1CCCS1)Nc1ccc(F)cc1. The summed E-state index contributed by atoms with van der Waals surface area (Å²) in [5, 5.41) is 6.51. The third-order valence-corrected chi connectivity index (χ3v) is 4.21. The van der Waals surface area contributed by atoms with Crippen molar-refractivity contribution in [3.63, 3.8) is 0 Å². The molecule has 1 aliphatic rings. The topological polar surface area (TPSA) is 41.1 Å². The third-order valence-electron chi connectivity index (χ3n) is 2.81. The van der Waals surface area contributed by atoms with E-state index in [2.05, 4.69) is 10.6 Å². The number of carbonyl (C=O) groups is 1. The molecule has 1 aromatic carbocycles. The zero-order valence-electron chi connectivity index (χ0n) is 10.1. The summed E-state index contributed by atoms with van der Waals surface area (Å²) in [5.74, 6) is 0.836. The first-order valence-corrected chi connectivity index (χ1v) is 7.16. The van der Waals surface area contributed by atoms with Crippen molar-refractivity contribution < 1.29 is 9.18 Å². The summed E-state index contributed by atoms with van der Waals surface area (Å²) in [4.78, 5) is 11.6. The Morgan fingerprint density at radius 2 is 2.17 bits per heavy atom.